The molecular formula is C37H37N3O3. The zero-order valence-corrected chi connectivity index (χ0v) is 24.3. The van der Waals surface area contributed by atoms with Gasteiger partial charge < -0.3 is 15.0 Å². The number of anilines is 2. The minimum absolute atomic E-state index is 0.0218. The Hall–Kier alpha value is -4.42. The lowest BCUT2D eigenvalue weighted by Crippen LogP contribution is -2.23. The predicted molar refractivity (Wildman–Crippen MR) is 171 cm³/mol. The number of carbonyl (C=O) groups excluding carboxylic acids is 2. The van der Waals surface area contributed by atoms with Crippen LogP contribution in [0.2, 0.25) is 0 Å². The number of rotatable bonds is 9. The van der Waals surface area contributed by atoms with Crippen molar-refractivity contribution in [3.8, 4) is 11.1 Å². The summed E-state index contributed by atoms with van der Waals surface area (Å²) in [4.78, 5) is 28.7. The molecule has 218 valence electrons. The maximum Gasteiger partial charge on any atom is 0.411 e. The predicted octanol–water partition coefficient (Wildman–Crippen LogP) is 7.57. The molecule has 6 heteroatoms. The van der Waals surface area contributed by atoms with Gasteiger partial charge in [0.05, 0.1) is 11.4 Å². The lowest BCUT2D eigenvalue weighted by Gasteiger charge is -2.16. The van der Waals surface area contributed by atoms with E-state index in [1.807, 2.05) is 48.5 Å². The second-order valence-electron chi connectivity index (χ2n) is 12.2. The van der Waals surface area contributed by atoms with E-state index in [0.29, 0.717) is 22.9 Å². The van der Waals surface area contributed by atoms with Crippen molar-refractivity contribution in [2.45, 2.75) is 31.6 Å². The molecule has 1 aliphatic heterocycles. The molecule has 1 saturated carbocycles. The van der Waals surface area contributed by atoms with Crippen LogP contribution in [0.3, 0.4) is 0 Å². The first-order chi connectivity index (χ1) is 21.1. The van der Waals surface area contributed by atoms with Crippen LogP contribution in [0.15, 0.2) is 97.1 Å². The third-order valence-electron chi connectivity index (χ3n) is 9.08. The summed E-state index contributed by atoms with van der Waals surface area (Å²) in [5, 5.41) is 5.79. The molecule has 1 atom stereocenters. The molecule has 0 bridgehead atoms. The molecule has 1 unspecified atom stereocenters. The fraction of sp³-hybridized carbons (Fsp3) is 0.297. The normalized spacial score (nSPS) is 17.7. The highest BCUT2D eigenvalue weighted by molar-refractivity contribution is 6.06. The average Bonchev–Trinajstić information content (AvgIpc) is 3.65. The first-order valence-electron chi connectivity index (χ1n) is 15.4. The molecule has 1 heterocycles. The zero-order chi connectivity index (χ0) is 29.2. The lowest BCUT2D eigenvalue weighted by molar-refractivity contribution is 0.102. The Kier molecular flexibility index (Phi) is 7.69. The summed E-state index contributed by atoms with van der Waals surface area (Å²) in [6, 6.07) is 31.6. The summed E-state index contributed by atoms with van der Waals surface area (Å²) in [7, 11) is 0. The number of carbonyl (C=O) groups is 2. The van der Waals surface area contributed by atoms with Crippen molar-refractivity contribution in [3.63, 3.8) is 0 Å². The largest absolute Gasteiger partial charge is 0.448 e. The molecule has 0 aromatic heterocycles. The molecular weight excluding hydrogens is 534 g/mol. The number of fused-ring (bicyclic) bond motifs is 3. The molecule has 2 fully saturated rings. The summed E-state index contributed by atoms with van der Waals surface area (Å²) >= 11 is 0. The van der Waals surface area contributed by atoms with E-state index in [4.69, 9.17) is 4.74 Å². The fourth-order valence-electron chi connectivity index (χ4n) is 6.68. The van der Waals surface area contributed by atoms with Gasteiger partial charge in [-0.1, -0.05) is 72.8 Å². The standard InChI is InChI=1S/C37H37N3O3/c41-36(28-17-15-25(16-18-28)21-27-19-20-40(23-27)22-26-13-14-26)38-34-11-5-6-12-35(34)39-37(42)43-24-33-31-9-3-1-7-29(31)30-8-2-4-10-32(30)33/h1-12,15-18,26-27,33H,13-14,19-24H2,(H,38,41)(H,39,42). The molecule has 7 rings (SSSR count). The lowest BCUT2D eigenvalue weighted by atomic mass is 9.98. The van der Waals surface area contributed by atoms with Gasteiger partial charge in [-0.15, -0.1) is 0 Å². The number of hydrogen-bond donors (Lipinski definition) is 2. The van der Waals surface area contributed by atoms with Crippen molar-refractivity contribution >= 4 is 23.4 Å². The van der Waals surface area contributed by atoms with E-state index in [-0.39, 0.29) is 18.4 Å². The molecule has 2 aliphatic carbocycles. The Morgan fingerprint density at radius 2 is 1.35 bits per heavy atom. The van der Waals surface area contributed by atoms with Gasteiger partial charge in [-0.05, 0) is 96.1 Å². The van der Waals surface area contributed by atoms with Crippen LogP contribution in [0.25, 0.3) is 11.1 Å². The van der Waals surface area contributed by atoms with Crippen LogP contribution in [-0.2, 0) is 11.2 Å². The van der Waals surface area contributed by atoms with Gasteiger partial charge in [0.1, 0.15) is 6.61 Å². The SMILES string of the molecule is O=C(Nc1ccccc1NC(=O)c1ccc(CC2CCN(CC3CC3)C2)cc1)OCC1c2ccccc2-c2ccccc21. The zero-order valence-electron chi connectivity index (χ0n) is 24.3. The van der Waals surface area contributed by atoms with Crippen LogP contribution in [0.1, 0.15) is 52.2 Å². The van der Waals surface area contributed by atoms with Gasteiger partial charge in [-0.3, -0.25) is 10.1 Å². The Balaban J connectivity index is 0.946. The number of hydrogen-bond acceptors (Lipinski definition) is 4. The van der Waals surface area contributed by atoms with E-state index in [1.165, 1.54) is 55.6 Å². The minimum Gasteiger partial charge on any atom is -0.448 e. The quantitative estimate of drug-likeness (QED) is 0.217. The van der Waals surface area contributed by atoms with Gasteiger partial charge in [0.15, 0.2) is 0 Å². The Bertz CT molecular complexity index is 1580. The summed E-state index contributed by atoms with van der Waals surface area (Å²) in [5.41, 5.74) is 7.55. The van der Waals surface area contributed by atoms with Gasteiger partial charge in [0.2, 0.25) is 0 Å². The number of para-hydroxylation sites is 2. The number of nitrogens with zero attached hydrogens (tertiary/aromatic N) is 1. The molecule has 4 aromatic carbocycles. The highest BCUT2D eigenvalue weighted by Crippen LogP contribution is 2.44. The van der Waals surface area contributed by atoms with Gasteiger partial charge >= 0.3 is 6.09 Å². The number of ether oxygens (including phenoxy) is 1. The maximum absolute atomic E-state index is 13.1. The monoisotopic (exact) mass is 571 g/mol. The van der Waals surface area contributed by atoms with Gasteiger partial charge in [0.25, 0.3) is 5.91 Å². The van der Waals surface area contributed by atoms with Gasteiger partial charge in [-0.25, -0.2) is 4.79 Å². The fourth-order valence-corrected chi connectivity index (χ4v) is 6.68. The van der Waals surface area contributed by atoms with Crippen molar-refractivity contribution in [1.82, 2.24) is 4.90 Å². The molecule has 2 amide bonds. The van der Waals surface area contributed by atoms with E-state index in [2.05, 4.69) is 51.9 Å². The molecule has 4 aromatic rings. The van der Waals surface area contributed by atoms with Gasteiger partial charge in [0, 0.05) is 24.6 Å². The summed E-state index contributed by atoms with van der Waals surface area (Å²) in [6.07, 6.45) is 4.55. The van der Waals surface area contributed by atoms with E-state index < -0.39 is 6.09 Å². The van der Waals surface area contributed by atoms with Gasteiger partial charge in [-0.2, -0.15) is 0 Å². The van der Waals surface area contributed by atoms with E-state index >= 15 is 0 Å². The van der Waals surface area contributed by atoms with Crippen molar-refractivity contribution in [2.24, 2.45) is 11.8 Å². The third kappa shape index (κ3) is 6.20. The summed E-state index contributed by atoms with van der Waals surface area (Å²) < 4.78 is 5.72. The molecule has 2 N–H and O–H groups in total. The number of benzene rings is 4. The maximum atomic E-state index is 13.1. The molecule has 0 spiro atoms. The Labute approximate surface area is 253 Å². The Morgan fingerprint density at radius 3 is 2.02 bits per heavy atom. The smallest absolute Gasteiger partial charge is 0.411 e. The van der Waals surface area contributed by atoms with Crippen LogP contribution in [0, 0.1) is 11.8 Å². The highest BCUT2D eigenvalue weighted by atomic mass is 16.5. The highest BCUT2D eigenvalue weighted by Gasteiger charge is 2.30. The third-order valence-corrected chi connectivity index (χ3v) is 9.08. The number of amides is 2. The Morgan fingerprint density at radius 1 is 0.721 bits per heavy atom. The van der Waals surface area contributed by atoms with Crippen LogP contribution < -0.4 is 10.6 Å². The van der Waals surface area contributed by atoms with Crippen molar-refractivity contribution in [2.75, 3.05) is 36.9 Å². The first-order valence-corrected chi connectivity index (χ1v) is 15.4. The second kappa shape index (κ2) is 12.1. The van der Waals surface area contributed by atoms with E-state index in [1.54, 1.807) is 12.1 Å². The molecule has 1 saturated heterocycles. The molecule has 6 nitrogen and oxygen atoms in total. The topological polar surface area (TPSA) is 70.7 Å². The summed E-state index contributed by atoms with van der Waals surface area (Å²) in [5.74, 6) is 1.39. The van der Waals surface area contributed by atoms with Crippen molar-refractivity contribution in [3.05, 3.63) is 119 Å². The molecule has 3 aliphatic rings. The molecule has 0 radical (unpaired) electrons. The summed E-state index contributed by atoms with van der Waals surface area (Å²) in [6.45, 7) is 3.89. The second-order valence-corrected chi connectivity index (χ2v) is 12.2. The van der Waals surface area contributed by atoms with Crippen molar-refractivity contribution in [1.29, 1.82) is 0 Å². The van der Waals surface area contributed by atoms with Crippen molar-refractivity contribution < 1.29 is 14.3 Å². The van der Waals surface area contributed by atoms with E-state index in [9.17, 15) is 9.59 Å². The van der Waals surface area contributed by atoms with Crippen LogP contribution in [0.4, 0.5) is 16.2 Å². The number of likely N-dealkylation sites (tertiary alicyclic amines) is 1. The van der Waals surface area contributed by atoms with E-state index in [0.717, 1.165) is 23.5 Å². The number of nitrogens with one attached hydrogen (secondary N) is 2. The first kappa shape index (κ1) is 27.4. The average molecular weight is 572 g/mol. The van der Waals surface area contributed by atoms with Crippen LogP contribution in [-0.4, -0.2) is 43.1 Å². The molecule has 43 heavy (non-hydrogen) atoms. The van der Waals surface area contributed by atoms with Crippen LogP contribution in [0.5, 0.6) is 0 Å². The minimum atomic E-state index is -0.560. The van der Waals surface area contributed by atoms with Crippen LogP contribution >= 0.6 is 0 Å².